The molecule has 1 fully saturated rings. The molecule has 0 saturated heterocycles. The molecular formula is C25H24N6O2. The molecule has 0 aliphatic heterocycles. The van der Waals surface area contributed by atoms with Crippen LogP contribution in [0.5, 0.6) is 0 Å². The third-order valence-electron chi connectivity index (χ3n) is 5.58. The molecule has 1 saturated carbocycles. The van der Waals surface area contributed by atoms with E-state index in [1.165, 1.54) is 0 Å². The summed E-state index contributed by atoms with van der Waals surface area (Å²) in [5.74, 6) is 0.0997. The van der Waals surface area contributed by atoms with Gasteiger partial charge in [-0.3, -0.25) is 14.8 Å². The largest absolute Gasteiger partial charge is 0.384 e. The predicted octanol–water partition coefficient (Wildman–Crippen LogP) is 4.22. The number of nitrogens with zero attached hydrogens (tertiary/aromatic N) is 5. The Morgan fingerprint density at radius 2 is 1.94 bits per heavy atom. The zero-order valence-corrected chi connectivity index (χ0v) is 18.4. The average molecular weight is 441 g/mol. The molecule has 0 spiro atoms. The second-order valence-corrected chi connectivity index (χ2v) is 8.70. The minimum absolute atomic E-state index is 0.272. The Labute approximate surface area is 191 Å². The van der Waals surface area contributed by atoms with Crippen LogP contribution in [0, 0.1) is 0 Å². The van der Waals surface area contributed by atoms with Crippen LogP contribution in [0.3, 0.4) is 0 Å². The number of hydrogen-bond acceptors (Lipinski definition) is 6. The SMILES string of the molecule is CC(C)(O)c1ccc(-c2ccnc(C(=O)Nc3cccc(-c4cncn4C4CC4)n3)c2)cn1. The van der Waals surface area contributed by atoms with Crippen molar-refractivity contribution in [3.05, 3.63) is 78.8 Å². The van der Waals surface area contributed by atoms with Gasteiger partial charge in [0.05, 0.1) is 29.6 Å². The molecule has 0 aromatic carbocycles. The summed E-state index contributed by atoms with van der Waals surface area (Å²) in [5, 5.41) is 12.9. The number of carbonyl (C=O) groups excluding carboxylic acids is 1. The van der Waals surface area contributed by atoms with Crippen molar-refractivity contribution < 1.29 is 9.90 Å². The third kappa shape index (κ3) is 4.51. The van der Waals surface area contributed by atoms with Gasteiger partial charge in [-0.15, -0.1) is 0 Å². The Kier molecular flexibility index (Phi) is 5.22. The van der Waals surface area contributed by atoms with E-state index in [-0.39, 0.29) is 11.6 Å². The van der Waals surface area contributed by atoms with Gasteiger partial charge in [0.15, 0.2) is 0 Å². The van der Waals surface area contributed by atoms with Gasteiger partial charge in [0.1, 0.15) is 17.1 Å². The van der Waals surface area contributed by atoms with Crippen molar-refractivity contribution in [2.24, 2.45) is 0 Å². The lowest BCUT2D eigenvalue weighted by Crippen LogP contribution is -2.17. The molecule has 1 aliphatic carbocycles. The van der Waals surface area contributed by atoms with Crippen LogP contribution in [-0.4, -0.2) is 35.5 Å². The zero-order valence-electron chi connectivity index (χ0n) is 18.4. The molecule has 0 bridgehead atoms. The highest BCUT2D eigenvalue weighted by Gasteiger charge is 2.26. The molecule has 4 aromatic heterocycles. The number of hydrogen-bond donors (Lipinski definition) is 2. The van der Waals surface area contributed by atoms with Gasteiger partial charge < -0.3 is 15.0 Å². The minimum atomic E-state index is -1.01. The van der Waals surface area contributed by atoms with Gasteiger partial charge in [-0.25, -0.2) is 9.97 Å². The molecular weight excluding hydrogens is 416 g/mol. The Hall–Kier alpha value is -3.91. The Morgan fingerprint density at radius 1 is 1.09 bits per heavy atom. The monoisotopic (exact) mass is 440 g/mol. The van der Waals surface area contributed by atoms with Crippen LogP contribution in [-0.2, 0) is 5.60 Å². The first-order valence-corrected chi connectivity index (χ1v) is 10.8. The maximum absolute atomic E-state index is 12.9. The van der Waals surface area contributed by atoms with Crippen molar-refractivity contribution in [2.45, 2.75) is 38.3 Å². The maximum atomic E-state index is 12.9. The Bertz CT molecular complexity index is 1300. The van der Waals surface area contributed by atoms with E-state index in [1.54, 1.807) is 50.6 Å². The fraction of sp³-hybridized carbons (Fsp3) is 0.240. The Balaban J connectivity index is 1.35. The minimum Gasteiger partial charge on any atom is -0.384 e. The normalized spacial score (nSPS) is 13.7. The van der Waals surface area contributed by atoms with Crippen LogP contribution >= 0.6 is 0 Å². The van der Waals surface area contributed by atoms with Crippen molar-refractivity contribution in [2.75, 3.05) is 5.32 Å². The van der Waals surface area contributed by atoms with Crippen molar-refractivity contribution in [3.63, 3.8) is 0 Å². The highest BCUT2D eigenvalue weighted by atomic mass is 16.3. The lowest BCUT2D eigenvalue weighted by molar-refractivity contribution is 0.0739. The van der Waals surface area contributed by atoms with Crippen LogP contribution in [0.25, 0.3) is 22.5 Å². The van der Waals surface area contributed by atoms with Gasteiger partial charge >= 0.3 is 0 Å². The van der Waals surface area contributed by atoms with Crippen LogP contribution in [0.2, 0.25) is 0 Å². The fourth-order valence-corrected chi connectivity index (χ4v) is 3.63. The number of amides is 1. The molecule has 2 N–H and O–H groups in total. The van der Waals surface area contributed by atoms with Crippen molar-refractivity contribution in [1.29, 1.82) is 0 Å². The van der Waals surface area contributed by atoms with E-state index in [9.17, 15) is 9.90 Å². The van der Waals surface area contributed by atoms with E-state index in [2.05, 4.69) is 29.8 Å². The third-order valence-corrected chi connectivity index (χ3v) is 5.58. The smallest absolute Gasteiger partial charge is 0.275 e. The molecule has 33 heavy (non-hydrogen) atoms. The van der Waals surface area contributed by atoms with Crippen LogP contribution in [0.4, 0.5) is 5.82 Å². The van der Waals surface area contributed by atoms with Crippen LogP contribution in [0.1, 0.15) is 48.9 Å². The summed E-state index contributed by atoms with van der Waals surface area (Å²) in [6.07, 6.45) is 9.20. The number of aromatic nitrogens is 5. The van der Waals surface area contributed by atoms with E-state index in [4.69, 9.17) is 0 Å². The second kappa shape index (κ2) is 8.22. The topological polar surface area (TPSA) is 106 Å². The van der Waals surface area contributed by atoms with Gasteiger partial charge in [-0.05, 0) is 62.6 Å². The van der Waals surface area contributed by atoms with Gasteiger partial charge in [-0.2, -0.15) is 0 Å². The molecule has 8 heteroatoms. The van der Waals surface area contributed by atoms with Gasteiger partial charge in [-0.1, -0.05) is 12.1 Å². The predicted molar refractivity (Wildman–Crippen MR) is 124 cm³/mol. The zero-order chi connectivity index (χ0) is 23.0. The van der Waals surface area contributed by atoms with E-state index < -0.39 is 5.60 Å². The summed E-state index contributed by atoms with van der Waals surface area (Å²) in [6.45, 7) is 3.37. The number of imidazole rings is 1. The quantitative estimate of drug-likeness (QED) is 0.465. The molecule has 1 amide bonds. The first-order valence-electron chi connectivity index (χ1n) is 10.8. The summed E-state index contributed by atoms with van der Waals surface area (Å²) in [7, 11) is 0. The summed E-state index contributed by atoms with van der Waals surface area (Å²) >= 11 is 0. The van der Waals surface area contributed by atoms with Crippen molar-refractivity contribution in [1.82, 2.24) is 24.5 Å². The van der Waals surface area contributed by atoms with Gasteiger partial charge in [0, 0.05) is 24.0 Å². The number of rotatable bonds is 6. The van der Waals surface area contributed by atoms with Gasteiger partial charge in [0.2, 0.25) is 0 Å². The second-order valence-electron chi connectivity index (χ2n) is 8.70. The van der Waals surface area contributed by atoms with E-state index in [0.717, 1.165) is 35.4 Å². The number of aliphatic hydroxyl groups is 1. The number of carbonyl (C=O) groups is 1. The molecule has 1 aliphatic rings. The molecule has 4 aromatic rings. The fourth-order valence-electron chi connectivity index (χ4n) is 3.63. The van der Waals surface area contributed by atoms with Crippen molar-refractivity contribution >= 4 is 11.7 Å². The standard InChI is InChI=1S/C25H24N6O2/c1-25(2,33)22-9-6-17(13-28-22)16-10-11-27-20(12-16)24(32)30-23-5-3-4-19(29-23)21-14-26-15-31(21)18-7-8-18/h3-6,9-15,18,33H,7-8H2,1-2H3,(H,29,30,32). The molecule has 0 atom stereocenters. The van der Waals surface area contributed by atoms with Crippen LogP contribution < -0.4 is 5.32 Å². The highest BCUT2D eigenvalue weighted by Crippen LogP contribution is 2.38. The molecule has 5 rings (SSSR count). The maximum Gasteiger partial charge on any atom is 0.275 e. The summed E-state index contributed by atoms with van der Waals surface area (Å²) < 4.78 is 2.14. The van der Waals surface area contributed by atoms with E-state index in [0.29, 0.717) is 17.6 Å². The Morgan fingerprint density at radius 3 is 2.67 bits per heavy atom. The molecule has 166 valence electrons. The summed E-state index contributed by atoms with van der Waals surface area (Å²) in [5.41, 5.74) is 3.17. The number of anilines is 1. The lowest BCUT2D eigenvalue weighted by atomic mass is 10.0. The highest BCUT2D eigenvalue weighted by molar-refractivity contribution is 6.03. The molecule has 0 radical (unpaired) electrons. The summed E-state index contributed by atoms with van der Waals surface area (Å²) in [6, 6.07) is 13.2. The molecule has 8 nitrogen and oxygen atoms in total. The van der Waals surface area contributed by atoms with Crippen molar-refractivity contribution in [3.8, 4) is 22.5 Å². The van der Waals surface area contributed by atoms with E-state index >= 15 is 0 Å². The lowest BCUT2D eigenvalue weighted by Gasteiger charge is -2.16. The summed E-state index contributed by atoms with van der Waals surface area (Å²) in [4.78, 5) is 30.3. The van der Waals surface area contributed by atoms with E-state index in [1.807, 2.05) is 30.6 Å². The first-order chi connectivity index (χ1) is 15.9. The van der Waals surface area contributed by atoms with Crippen LogP contribution in [0.15, 0.2) is 67.4 Å². The number of nitrogens with one attached hydrogen (secondary N) is 1. The molecule has 0 unspecified atom stereocenters. The molecule has 4 heterocycles. The number of pyridine rings is 3. The average Bonchev–Trinajstić information content (AvgIpc) is 3.55. The van der Waals surface area contributed by atoms with Gasteiger partial charge in [0.25, 0.3) is 5.91 Å². The first kappa shape index (κ1) is 21.0.